The molecule has 0 spiro atoms. The summed E-state index contributed by atoms with van der Waals surface area (Å²) in [4.78, 5) is 16.4. The van der Waals surface area contributed by atoms with Crippen LogP contribution in [0.2, 0.25) is 5.02 Å². The molecule has 2 rings (SSSR count). The van der Waals surface area contributed by atoms with Crippen LogP contribution in [-0.4, -0.2) is 30.8 Å². The molecular formula is C17H16ClF3N2O3. The first kappa shape index (κ1) is 19.8. The Kier molecular flexibility index (Phi) is 6.31. The van der Waals surface area contributed by atoms with E-state index in [0.717, 1.165) is 0 Å². The molecule has 0 saturated carbocycles. The van der Waals surface area contributed by atoms with Crippen LogP contribution in [0.4, 0.5) is 13.2 Å². The molecule has 0 radical (unpaired) electrons. The second-order valence-electron chi connectivity index (χ2n) is 5.36. The number of ether oxygens (including phenoxy) is 2. The monoisotopic (exact) mass is 388 g/mol. The standard InChI is InChI=1S/C17H16ClF3N2O3/c1-10(14-6-4-12(8-22-14)26-9-17(19,20)21)23-16(24)13-5-3-11(18)7-15(13)25-2/h3-8,10H,9H2,1-2H3,(H,23,24)/t10-/m1/s1. The zero-order valence-electron chi connectivity index (χ0n) is 13.9. The van der Waals surface area contributed by atoms with Crippen LogP contribution in [0.5, 0.6) is 11.5 Å². The number of aromatic nitrogens is 1. The Labute approximate surface area is 153 Å². The van der Waals surface area contributed by atoms with Gasteiger partial charge in [-0.3, -0.25) is 9.78 Å². The van der Waals surface area contributed by atoms with Crippen LogP contribution in [-0.2, 0) is 0 Å². The molecule has 2 aromatic rings. The number of amides is 1. The summed E-state index contributed by atoms with van der Waals surface area (Å²) in [6, 6.07) is 6.97. The third kappa shape index (κ3) is 5.52. The Bertz CT molecular complexity index is 767. The lowest BCUT2D eigenvalue weighted by Crippen LogP contribution is -2.27. The molecule has 0 aliphatic heterocycles. The smallest absolute Gasteiger partial charge is 0.422 e. The zero-order chi connectivity index (χ0) is 19.3. The van der Waals surface area contributed by atoms with E-state index in [9.17, 15) is 18.0 Å². The summed E-state index contributed by atoms with van der Waals surface area (Å²) in [5, 5.41) is 3.17. The molecule has 1 heterocycles. The van der Waals surface area contributed by atoms with E-state index in [0.29, 0.717) is 22.0 Å². The van der Waals surface area contributed by atoms with Crippen LogP contribution in [0.25, 0.3) is 0 Å². The van der Waals surface area contributed by atoms with Crippen LogP contribution in [0.15, 0.2) is 36.5 Å². The Morgan fingerprint density at radius 3 is 2.62 bits per heavy atom. The van der Waals surface area contributed by atoms with E-state index in [4.69, 9.17) is 16.3 Å². The molecule has 1 aromatic carbocycles. The number of nitrogens with one attached hydrogen (secondary N) is 1. The van der Waals surface area contributed by atoms with Gasteiger partial charge in [0.1, 0.15) is 11.5 Å². The SMILES string of the molecule is COc1cc(Cl)ccc1C(=O)N[C@H](C)c1ccc(OCC(F)(F)F)cn1. The van der Waals surface area contributed by atoms with Crippen LogP contribution in [0.1, 0.15) is 29.0 Å². The summed E-state index contributed by atoms with van der Waals surface area (Å²) in [7, 11) is 1.42. The molecule has 1 N–H and O–H groups in total. The normalized spacial score (nSPS) is 12.4. The molecule has 0 unspecified atom stereocenters. The highest BCUT2D eigenvalue weighted by Gasteiger charge is 2.28. The van der Waals surface area contributed by atoms with Crippen LogP contribution < -0.4 is 14.8 Å². The van der Waals surface area contributed by atoms with Gasteiger partial charge in [-0.05, 0) is 37.3 Å². The molecule has 0 aliphatic carbocycles. The summed E-state index contributed by atoms with van der Waals surface area (Å²) < 4.78 is 46.1. The van der Waals surface area contributed by atoms with E-state index >= 15 is 0 Å². The molecule has 26 heavy (non-hydrogen) atoms. The van der Waals surface area contributed by atoms with Gasteiger partial charge >= 0.3 is 6.18 Å². The number of carbonyl (C=O) groups excluding carboxylic acids is 1. The quantitative estimate of drug-likeness (QED) is 0.806. The van der Waals surface area contributed by atoms with E-state index in [1.54, 1.807) is 13.0 Å². The minimum Gasteiger partial charge on any atom is -0.496 e. The largest absolute Gasteiger partial charge is 0.496 e. The van der Waals surface area contributed by atoms with E-state index in [-0.39, 0.29) is 5.75 Å². The predicted molar refractivity (Wildman–Crippen MR) is 89.7 cm³/mol. The molecule has 0 fully saturated rings. The topological polar surface area (TPSA) is 60.5 Å². The third-order valence-electron chi connectivity index (χ3n) is 3.36. The number of benzene rings is 1. The number of methoxy groups -OCH3 is 1. The summed E-state index contributed by atoms with van der Waals surface area (Å²) >= 11 is 5.87. The van der Waals surface area contributed by atoms with Crippen molar-refractivity contribution in [1.29, 1.82) is 0 Å². The van der Waals surface area contributed by atoms with E-state index in [2.05, 4.69) is 15.0 Å². The van der Waals surface area contributed by atoms with Crippen molar-refractivity contribution in [3.05, 3.63) is 52.8 Å². The third-order valence-corrected chi connectivity index (χ3v) is 3.60. The maximum atomic E-state index is 12.4. The molecular weight excluding hydrogens is 373 g/mol. The fourth-order valence-electron chi connectivity index (χ4n) is 2.10. The lowest BCUT2D eigenvalue weighted by molar-refractivity contribution is -0.153. The van der Waals surface area contributed by atoms with Gasteiger partial charge in [0.15, 0.2) is 6.61 Å². The van der Waals surface area contributed by atoms with Crippen molar-refractivity contribution in [2.45, 2.75) is 19.1 Å². The van der Waals surface area contributed by atoms with Gasteiger partial charge in [-0.1, -0.05) is 11.6 Å². The summed E-state index contributed by atoms with van der Waals surface area (Å²) in [5.41, 5.74) is 0.763. The number of alkyl halides is 3. The number of pyridine rings is 1. The molecule has 0 saturated heterocycles. The number of halogens is 4. The predicted octanol–water partition coefficient (Wildman–Crippen LogP) is 4.18. The molecule has 1 aromatic heterocycles. The minimum atomic E-state index is -4.42. The van der Waals surface area contributed by atoms with Crippen molar-refractivity contribution >= 4 is 17.5 Å². The minimum absolute atomic E-state index is 0.0102. The van der Waals surface area contributed by atoms with Crippen LogP contribution in [0, 0.1) is 0 Å². The molecule has 140 valence electrons. The van der Waals surface area contributed by atoms with Gasteiger partial charge in [-0.15, -0.1) is 0 Å². The fourth-order valence-corrected chi connectivity index (χ4v) is 2.26. The lowest BCUT2D eigenvalue weighted by atomic mass is 10.1. The summed E-state index contributed by atoms with van der Waals surface area (Å²) in [5.74, 6) is -0.0831. The Morgan fingerprint density at radius 1 is 1.31 bits per heavy atom. The van der Waals surface area contributed by atoms with Crippen molar-refractivity contribution in [3.8, 4) is 11.5 Å². The van der Waals surface area contributed by atoms with Crippen LogP contribution >= 0.6 is 11.6 Å². The highest BCUT2D eigenvalue weighted by atomic mass is 35.5. The zero-order valence-corrected chi connectivity index (χ0v) is 14.7. The van der Waals surface area contributed by atoms with Gasteiger partial charge in [0.05, 0.1) is 30.6 Å². The lowest BCUT2D eigenvalue weighted by Gasteiger charge is -2.16. The maximum absolute atomic E-state index is 12.4. The number of rotatable bonds is 6. The second-order valence-corrected chi connectivity index (χ2v) is 5.80. The molecule has 0 bridgehead atoms. The first-order chi connectivity index (χ1) is 12.2. The van der Waals surface area contributed by atoms with Gasteiger partial charge in [0, 0.05) is 5.02 Å². The Hall–Kier alpha value is -2.48. The number of hydrogen-bond acceptors (Lipinski definition) is 4. The molecule has 0 aliphatic rings. The Morgan fingerprint density at radius 2 is 2.04 bits per heavy atom. The first-order valence-corrected chi connectivity index (χ1v) is 7.87. The second kappa shape index (κ2) is 8.27. The van der Waals surface area contributed by atoms with Gasteiger partial charge in [-0.2, -0.15) is 13.2 Å². The first-order valence-electron chi connectivity index (χ1n) is 7.49. The number of nitrogens with zero attached hydrogens (tertiary/aromatic N) is 1. The van der Waals surface area contributed by atoms with Crippen molar-refractivity contribution in [2.75, 3.05) is 13.7 Å². The highest BCUT2D eigenvalue weighted by molar-refractivity contribution is 6.30. The molecule has 1 atom stereocenters. The van der Waals surface area contributed by atoms with Gasteiger partial charge in [0.2, 0.25) is 0 Å². The Balaban J connectivity index is 2.03. The van der Waals surface area contributed by atoms with Gasteiger partial charge in [0.25, 0.3) is 5.91 Å². The van der Waals surface area contributed by atoms with Crippen molar-refractivity contribution in [3.63, 3.8) is 0 Å². The molecule has 9 heteroatoms. The average molecular weight is 389 g/mol. The van der Waals surface area contributed by atoms with E-state index < -0.39 is 24.7 Å². The summed E-state index contributed by atoms with van der Waals surface area (Å²) in [6.45, 7) is 0.301. The van der Waals surface area contributed by atoms with Crippen molar-refractivity contribution in [2.24, 2.45) is 0 Å². The van der Waals surface area contributed by atoms with E-state index in [1.165, 1.54) is 37.6 Å². The van der Waals surface area contributed by atoms with E-state index in [1.807, 2.05) is 0 Å². The number of hydrogen-bond donors (Lipinski definition) is 1. The summed E-state index contributed by atoms with van der Waals surface area (Å²) in [6.07, 6.45) is -3.25. The van der Waals surface area contributed by atoms with Gasteiger partial charge < -0.3 is 14.8 Å². The van der Waals surface area contributed by atoms with Gasteiger partial charge in [-0.25, -0.2) is 0 Å². The number of carbonyl (C=O) groups is 1. The van der Waals surface area contributed by atoms with Crippen molar-refractivity contribution in [1.82, 2.24) is 10.3 Å². The average Bonchev–Trinajstić information content (AvgIpc) is 2.59. The van der Waals surface area contributed by atoms with Crippen molar-refractivity contribution < 1.29 is 27.4 Å². The van der Waals surface area contributed by atoms with Crippen LogP contribution in [0.3, 0.4) is 0 Å². The maximum Gasteiger partial charge on any atom is 0.422 e. The molecule has 1 amide bonds. The highest BCUT2D eigenvalue weighted by Crippen LogP contribution is 2.24. The fraction of sp³-hybridized carbons (Fsp3) is 0.294. The molecule has 5 nitrogen and oxygen atoms in total.